The molecule has 1 nitrogen and oxygen atoms in total. The molecule has 0 saturated carbocycles. The molecule has 0 N–H and O–H groups in total. The molecule has 0 fully saturated rings. The zero-order chi connectivity index (χ0) is 13.1. The summed E-state index contributed by atoms with van der Waals surface area (Å²) < 4.78 is 24.9. The molecule has 94 valence electrons. The smallest absolute Gasteiger partial charge is 0.123 e. The maximum absolute atomic E-state index is 12.8. The van der Waals surface area contributed by atoms with E-state index >= 15 is 0 Å². The van der Waals surface area contributed by atoms with Crippen LogP contribution in [-0.4, -0.2) is 4.21 Å². The molecular weight excluding hydrogens is 271 g/mol. The lowest BCUT2D eigenvalue weighted by atomic mass is 10.2. The van der Waals surface area contributed by atoms with Crippen molar-refractivity contribution in [3.8, 4) is 0 Å². The van der Waals surface area contributed by atoms with Gasteiger partial charge >= 0.3 is 0 Å². The monoisotopic (exact) mass is 282 g/mol. The zero-order valence-corrected chi connectivity index (χ0v) is 11.4. The topological polar surface area (TPSA) is 17.1 Å². The van der Waals surface area contributed by atoms with Crippen LogP contribution in [0.2, 0.25) is 5.02 Å². The van der Waals surface area contributed by atoms with Crippen molar-refractivity contribution in [2.24, 2.45) is 0 Å². The van der Waals surface area contributed by atoms with Crippen molar-refractivity contribution in [1.82, 2.24) is 0 Å². The molecule has 0 heterocycles. The van der Waals surface area contributed by atoms with Gasteiger partial charge in [-0.1, -0.05) is 23.7 Å². The second-order valence-corrected chi connectivity index (χ2v) is 5.90. The van der Waals surface area contributed by atoms with E-state index in [1.165, 1.54) is 24.3 Å². The van der Waals surface area contributed by atoms with E-state index in [4.69, 9.17) is 11.6 Å². The number of rotatable bonds is 3. The molecule has 2 rings (SSSR count). The van der Waals surface area contributed by atoms with Crippen LogP contribution < -0.4 is 0 Å². The molecule has 4 heteroatoms. The Morgan fingerprint density at radius 2 is 1.83 bits per heavy atom. The molecule has 0 aliphatic heterocycles. The SMILES string of the molecule is Cc1ccc(CS(=O)c2ccc(F)cc2)c(Cl)c1. The Hall–Kier alpha value is -1.19. The maximum Gasteiger partial charge on any atom is 0.123 e. The molecule has 0 aliphatic rings. The minimum atomic E-state index is -1.21. The van der Waals surface area contributed by atoms with Crippen LogP contribution in [-0.2, 0) is 16.6 Å². The van der Waals surface area contributed by atoms with E-state index in [1.807, 2.05) is 25.1 Å². The summed E-state index contributed by atoms with van der Waals surface area (Å²) in [5.74, 6) is 0.00852. The van der Waals surface area contributed by atoms with Crippen LogP contribution in [0, 0.1) is 12.7 Å². The minimum Gasteiger partial charge on any atom is -0.254 e. The lowest BCUT2D eigenvalue weighted by Gasteiger charge is -2.05. The molecule has 0 aliphatic carbocycles. The summed E-state index contributed by atoms with van der Waals surface area (Å²) in [7, 11) is -1.21. The first kappa shape index (κ1) is 13.2. The third kappa shape index (κ3) is 3.18. The van der Waals surface area contributed by atoms with Crippen LogP contribution >= 0.6 is 11.6 Å². The Balaban J connectivity index is 2.18. The summed E-state index contributed by atoms with van der Waals surface area (Å²) in [6.45, 7) is 1.95. The van der Waals surface area contributed by atoms with Crippen molar-refractivity contribution in [3.05, 3.63) is 64.4 Å². The highest BCUT2D eigenvalue weighted by Crippen LogP contribution is 2.21. The van der Waals surface area contributed by atoms with E-state index in [-0.39, 0.29) is 5.82 Å². The predicted molar refractivity (Wildman–Crippen MR) is 72.7 cm³/mol. The Labute approximate surface area is 113 Å². The van der Waals surface area contributed by atoms with E-state index in [2.05, 4.69) is 0 Å². The molecule has 0 radical (unpaired) electrons. The third-order valence-electron chi connectivity index (χ3n) is 2.57. The summed E-state index contributed by atoms with van der Waals surface area (Å²) >= 11 is 6.09. The summed E-state index contributed by atoms with van der Waals surface area (Å²) in [6.07, 6.45) is 0. The molecule has 2 aromatic carbocycles. The fraction of sp³-hybridized carbons (Fsp3) is 0.143. The Morgan fingerprint density at radius 3 is 2.44 bits per heavy atom. The second-order valence-electron chi connectivity index (χ2n) is 4.04. The first-order chi connectivity index (χ1) is 8.56. The molecule has 0 aromatic heterocycles. The van der Waals surface area contributed by atoms with Gasteiger partial charge in [0.15, 0.2) is 0 Å². The lowest BCUT2D eigenvalue weighted by molar-refractivity contribution is 0.626. The van der Waals surface area contributed by atoms with Gasteiger partial charge in [0.2, 0.25) is 0 Å². The summed E-state index contributed by atoms with van der Waals surface area (Å²) in [4.78, 5) is 0.605. The van der Waals surface area contributed by atoms with Crippen LogP contribution in [0.4, 0.5) is 4.39 Å². The standard InChI is InChI=1S/C14H12ClFOS/c1-10-2-3-11(14(15)8-10)9-18(17)13-6-4-12(16)5-7-13/h2-8H,9H2,1H3. The fourth-order valence-corrected chi connectivity index (χ4v) is 3.10. The van der Waals surface area contributed by atoms with Gasteiger partial charge in [-0.05, 0) is 48.4 Å². The van der Waals surface area contributed by atoms with Gasteiger partial charge in [-0.3, -0.25) is 4.21 Å². The van der Waals surface area contributed by atoms with E-state index in [0.717, 1.165) is 11.1 Å². The minimum absolute atomic E-state index is 0.330. The van der Waals surface area contributed by atoms with Crippen molar-refractivity contribution >= 4 is 22.4 Å². The summed E-state index contributed by atoms with van der Waals surface area (Å²) in [6, 6.07) is 11.3. The number of aryl methyl sites for hydroxylation is 1. The number of benzene rings is 2. The highest BCUT2D eigenvalue weighted by molar-refractivity contribution is 7.84. The quantitative estimate of drug-likeness (QED) is 0.828. The van der Waals surface area contributed by atoms with E-state index in [9.17, 15) is 8.60 Å². The Morgan fingerprint density at radius 1 is 1.17 bits per heavy atom. The molecule has 1 atom stereocenters. The number of halogens is 2. The first-order valence-electron chi connectivity index (χ1n) is 5.45. The Kier molecular flexibility index (Phi) is 4.15. The van der Waals surface area contributed by atoms with E-state index < -0.39 is 10.8 Å². The first-order valence-corrected chi connectivity index (χ1v) is 7.15. The van der Waals surface area contributed by atoms with Gasteiger partial charge in [0.25, 0.3) is 0 Å². The second kappa shape index (κ2) is 5.63. The van der Waals surface area contributed by atoms with Crippen molar-refractivity contribution in [2.45, 2.75) is 17.6 Å². The van der Waals surface area contributed by atoms with Crippen LogP contribution in [0.5, 0.6) is 0 Å². The number of hydrogen-bond acceptors (Lipinski definition) is 1. The van der Waals surface area contributed by atoms with Gasteiger partial charge in [-0.25, -0.2) is 4.39 Å². The highest BCUT2D eigenvalue weighted by atomic mass is 35.5. The molecule has 2 aromatic rings. The van der Waals surface area contributed by atoms with Gasteiger partial charge in [0, 0.05) is 9.92 Å². The van der Waals surface area contributed by atoms with Gasteiger partial charge < -0.3 is 0 Å². The summed E-state index contributed by atoms with van der Waals surface area (Å²) in [5.41, 5.74) is 1.90. The van der Waals surface area contributed by atoms with Crippen molar-refractivity contribution in [2.75, 3.05) is 0 Å². The highest BCUT2D eigenvalue weighted by Gasteiger charge is 2.08. The van der Waals surface area contributed by atoms with Crippen molar-refractivity contribution in [3.63, 3.8) is 0 Å². The fourth-order valence-electron chi connectivity index (χ4n) is 1.58. The van der Waals surface area contributed by atoms with Crippen LogP contribution in [0.3, 0.4) is 0 Å². The van der Waals surface area contributed by atoms with Gasteiger partial charge in [-0.2, -0.15) is 0 Å². The molecule has 0 amide bonds. The molecule has 0 spiro atoms. The lowest BCUT2D eigenvalue weighted by Crippen LogP contribution is -1.97. The zero-order valence-electron chi connectivity index (χ0n) is 9.82. The van der Waals surface area contributed by atoms with E-state index in [1.54, 1.807) is 0 Å². The van der Waals surface area contributed by atoms with Crippen LogP contribution in [0.15, 0.2) is 47.4 Å². The van der Waals surface area contributed by atoms with Gasteiger partial charge in [0.1, 0.15) is 5.82 Å². The normalized spacial score (nSPS) is 12.4. The van der Waals surface area contributed by atoms with Gasteiger partial charge in [0.05, 0.1) is 16.6 Å². The van der Waals surface area contributed by atoms with Gasteiger partial charge in [-0.15, -0.1) is 0 Å². The predicted octanol–water partition coefficient (Wildman–Crippen LogP) is 4.10. The number of hydrogen-bond donors (Lipinski definition) is 0. The van der Waals surface area contributed by atoms with Crippen LogP contribution in [0.25, 0.3) is 0 Å². The Bertz CT molecular complexity index is 581. The molecule has 18 heavy (non-hydrogen) atoms. The third-order valence-corrected chi connectivity index (χ3v) is 4.29. The largest absolute Gasteiger partial charge is 0.254 e. The van der Waals surface area contributed by atoms with Crippen molar-refractivity contribution < 1.29 is 8.60 Å². The molecule has 0 saturated heterocycles. The molecular formula is C14H12ClFOS. The average Bonchev–Trinajstić information content (AvgIpc) is 2.33. The maximum atomic E-state index is 12.8. The molecule has 1 unspecified atom stereocenters. The van der Waals surface area contributed by atoms with Crippen molar-refractivity contribution in [1.29, 1.82) is 0 Å². The summed E-state index contributed by atoms with van der Waals surface area (Å²) in [5, 5.41) is 0.616. The molecule has 0 bridgehead atoms. The van der Waals surface area contributed by atoms with E-state index in [0.29, 0.717) is 15.7 Å². The average molecular weight is 283 g/mol. The van der Waals surface area contributed by atoms with Crippen LogP contribution in [0.1, 0.15) is 11.1 Å².